The fourth-order valence-corrected chi connectivity index (χ4v) is 1.51. The predicted molar refractivity (Wildman–Crippen MR) is 69.8 cm³/mol. The summed E-state index contributed by atoms with van der Waals surface area (Å²) in [7, 11) is 1.61. The van der Waals surface area contributed by atoms with Crippen LogP contribution in [0.4, 0.5) is 0 Å². The number of carbonyl (C=O) groups is 1. The van der Waals surface area contributed by atoms with Gasteiger partial charge in [0.25, 0.3) is 5.91 Å². The molecule has 1 aromatic rings. The third kappa shape index (κ3) is 4.44. The molecule has 0 bridgehead atoms. The molecule has 1 aromatic carbocycles. The van der Waals surface area contributed by atoms with Crippen molar-refractivity contribution in [3.63, 3.8) is 0 Å². The molecule has 4 nitrogen and oxygen atoms in total. The zero-order valence-corrected chi connectivity index (χ0v) is 11.3. The van der Waals surface area contributed by atoms with Gasteiger partial charge in [-0.15, -0.1) is 0 Å². The fraction of sp³-hybridized carbons (Fsp3) is 0.333. The lowest BCUT2D eigenvalue weighted by Crippen LogP contribution is -2.32. The first-order chi connectivity index (χ1) is 8.54. The Morgan fingerprint density at radius 2 is 2.22 bits per heavy atom. The lowest BCUT2D eigenvalue weighted by molar-refractivity contribution is -0.131. The van der Waals surface area contributed by atoms with Crippen LogP contribution in [0.15, 0.2) is 18.2 Å². The lowest BCUT2D eigenvalue weighted by Gasteiger charge is -2.16. The van der Waals surface area contributed by atoms with Crippen molar-refractivity contribution in [1.29, 1.82) is 5.26 Å². The molecular formula is C12H12Cl2N2O2. The largest absolute Gasteiger partial charge is 0.482 e. The van der Waals surface area contributed by atoms with Crippen LogP contribution in [0.5, 0.6) is 5.75 Å². The summed E-state index contributed by atoms with van der Waals surface area (Å²) in [6, 6.07) is 6.76. The van der Waals surface area contributed by atoms with E-state index in [-0.39, 0.29) is 12.5 Å². The molecule has 0 atom stereocenters. The summed E-state index contributed by atoms with van der Waals surface area (Å²) in [5, 5.41) is 9.30. The maximum absolute atomic E-state index is 11.6. The van der Waals surface area contributed by atoms with Crippen LogP contribution in [-0.2, 0) is 4.79 Å². The Kier molecular flexibility index (Phi) is 5.76. The number of amides is 1. The van der Waals surface area contributed by atoms with Crippen LogP contribution in [0.2, 0.25) is 10.0 Å². The van der Waals surface area contributed by atoms with Gasteiger partial charge in [0, 0.05) is 24.7 Å². The first kappa shape index (κ1) is 14.6. The van der Waals surface area contributed by atoms with Crippen molar-refractivity contribution < 1.29 is 9.53 Å². The summed E-state index contributed by atoms with van der Waals surface area (Å²) < 4.78 is 5.29. The molecule has 96 valence electrons. The Balaban J connectivity index is 2.52. The number of hydrogen-bond acceptors (Lipinski definition) is 3. The maximum Gasteiger partial charge on any atom is 0.260 e. The number of nitrogens with zero attached hydrogens (tertiary/aromatic N) is 2. The van der Waals surface area contributed by atoms with Gasteiger partial charge >= 0.3 is 0 Å². The summed E-state index contributed by atoms with van der Waals surface area (Å²) in [4.78, 5) is 13.1. The number of rotatable bonds is 5. The minimum absolute atomic E-state index is 0.137. The highest BCUT2D eigenvalue weighted by Crippen LogP contribution is 2.27. The van der Waals surface area contributed by atoms with Crippen molar-refractivity contribution in [2.45, 2.75) is 6.42 Å². The normalized spacial score (nSPS) is 9.67. The molecule has 1 rings (SSSR count). The summed E-state index contributed by atoms with van der Waals surface area (Å²) in [5.74, 6) is 0.146. The summed E-state index contributed by atoms with van der Waals surface area (Å²) in [5.41, 5.74) is 0. The Hall–Kier alpha value is -1.44. The fourth-order valence-electron chi connectivity index (χ4n) is 1.18. The minimum Gasteiger partial charge on any atom is -0.482 e. The zero-order valence-electron chi connectivity index (χ0n) is 9.82. The van der Waals surface area contributed by atoms with E-state index in [2.05, 4.69) is 0 Å². The third-order valence-electron chi connectivity index (χ3n) is 2.23. The summed E-state index contributed by atoms with van der Waals surface area (Å²) >= 11 is 11.7. The minimum atomic E-state index is -0.221. The monoisotopic (exact) mass is 286 g/mol. The summed E-state index contributed by atoms with van der Waals surface area (Å²) in [6.07, 6.45) is 0.292. The van der Waals surface area contributed by atoms with E-state index in [1.54, 1.807) is 25.2 Å². The Morgan fingerprint density at radius 3 is 2.89 bits per heavy atom. The van der Waals surface area contributed by atoms with Crippen LogP contribution in [-0.4, -0.2) is 31.0 Å². The third-order valence-corrected chi connectivity index (χ3v) is 2.78. The number of nitriles is 1. The van der Waals surface area contributed by atoms with Crippen molar-refractivity contribution in [3.05, 3.63) is 28.2 Å². The lowest BCUT2D eigenvalue weighted by atomic mass is 10.3. The number of carbonyl (C=O) groups excluding carboxylic acids is 1. The molecule has 0 saturated carbocycles. The second-order valence-corrected chi connectivity index (χ2v) is 4.43. The van der Waals surface area contributed by atoms with Gasteiger partial charge in [-0.3, -0.25) is 4.79 Å². The van der Waals surface area contributed by atoms with Crippen LogP contribution in [0, 0.1) is 11.3 Å². The molecule has 0 heterocycles. The van der Waals surface area contributed by atoms with Gasteiger partial charge in [0.05, 0.1) is 17.5 Å². The number of hydrogen-bond donors (Lipinski definition) is 0. The predicted octanol–water partition coefficient (Wildman–Crippen LogP) is 2.74. The number of halogens is 2. The molecule has 0 radical (unpaired) electrons. The van der Waals surface area contributed by atoms with Crippen molar-refractivity contribution in [2.24, 2.45) is 0 Å². The molecule has 0 spiro atoms. The topological polar surface area (TPSA) is 53.3 Å². The molecular weight excluding hydrogens is 275 g/mol. The molecule has 0 aliphatic rings. The van der Waals surface area contributed by atoms with Crippen LogP contribution in [0.1, 0.15) is 6.42 Å². The first-order valence-corrected chi connectivity index (χ1v) is 5.99. The number of benzene rings is 1. The van der Waals surface area contributed by atoms with E-state index in [1.807, 2.05) is 6.07 Å². The van der Waals surface area contributed by atoms with Crippen LogP contribution < -0.4 is 4.74 Å². The first-order valence-electron chi connectivity index (χ1n) is 5.23. The molecule has 1 amide bonds. The van der Waals surface area contributed by atoms with Crippen molar-refractivity contribution in [1.82, 2.24) is 4.90 Å². The highest BCUT2D eigenvalue weighted by molar-refractivity contribution is 6.34. The van der Waals surface area contributed by atoms with E-state index < -0.39 is 0 Å². The zero-order chi connectivity index (χ0) is 13.5. The summed E-state index contributed by atoms with van der Waals surface area (Å²) in [6.45, 7) is 0.240. The van der Waals surface area contributed by atoms with Crippen molar-refractivity contribution in [2.75, 3.05) is 20.2 Å². The number of likely N-dealkylation sites (N-methyl/N-ethyl adjacent to an activating group) is 1. The smallest absolute Gasteiger partial charge is 0.260 e. The van der Waals surface area contributed by atoms with Gasteiger partial charge in [-0.25, -0.2) is 0 Å². The SMILES string of the molecule is CN(CCC#N)C(=O)COc1cc(Cl)ccc1Cl. The quantitative estimate of drug-likeness (QED) is 0.836. The average Bonchev–Trinajstić information content (AvgIpc) is 2.36. The van der Waals surface area contributed by atoms with Crippen LogP contribution >= 0.6 is 23.2 Å². The molecule has 0 N–H and O–H groups in total. The molecule has 6 heteroatoms. The van der Waals surface area contributed by atoms with Crippen LogP contribution in [0.3, 0.4) is 0 Å². The Labute approximate surface area is 116 Å². The van der Waals surface area contributed by atoms with E-state index in [9.17, 15) is 4.79 Å². The molecule has 0 saturated heterocycles. The van der Waals surface area contributed by atoms with E-state index >= 15 is 0 Å². The van der Waals surface area contributed by atoms with Gasteiger partial charge in [-0.1, -0.05) is 23.2 Å². The van der Waals surface area contributed by atoms with E-state index in [4.69, 9.17) is 33.2 Å². The van der Waals surface area contributed by atoms with Gasteiger partial charge < -0.3 is 9.64 Å². The van der Waals surface area contributed by atoms with Gasteiger partial charge in [-0.05, 0) is 12.1 Å². The molecule has 0 aromatic heterocycles. The van der Waals surface area contributed by atoms with Gasteiger partial charge in [0.15, 0.2) is 6.61 Å². The number of ether oxygens (including phenoxy) is 1. The van der Waals surface area contributed by atoms with E-state index in [0.717, 1.165) is 0 Å². The second kappa shape index (κ2) is 7.10. The standard InChI is InChI=1S/C12H12Cl2N2O2/c1-16(6-2-5-15)12(17)8-18-11-7-9(13)3-4-10(11)14/h3-4,7H,2,6,8H2,1H3. The van der Waals surface area contributed by atoms with Crippen molar-refractivity contribution >= 4 is 29.1 Å². The Bertz CT molecular complexity index is 472. The molecule has 18 heavy (non-hydrogen) atoms. The van der Waals surface area contributed by atoms with E-state index in [1.165, 1.54) is 4.90 Å². The molecule has 0 aliphatic carbocycles. The molecule has 0 aliphatic heterocycles. The highest BCUT2D eigenvalue weighted by atomic mass is 35.5. The average molecular weight is 287 g/mol. The Morgan fingerprint density at radius 1 is 1.50 bits per heavy atom. The maximum atomic E-state index is 11.6. The molecule has 0 fully saturated rings. The van der Waals surface area contributed by atoms with Gasteiger partial charge in [0.2, 0.25) is 0 Å². The molecule has 0 unspecified atom stereocenters. The van der Waals surface area contributed by atoms with Crippen molar-refractivity contribution in [3.8, 4) is 11.8 Å². The van der Waals surface area contributed by atoms with E-state index in [0.29, 0.717) is 28.8 Å². The van der Waals surface area contributed by atoms with Gasteiger partial charge in [-0.2, -0.15) is 5.26 Å². The second-order valence-electron chi connectivity index (χ2n) is 3.59. The highest BCUT2D eigenvalue weighted by Gasteiger charge is 2.10. The van der Waals surface area contributed by atoms with Crippen LogP contribution in [0.25, 0.3) is 0 Å². The van der Waals surface area contributed by atoms with Gasteiger partial charge in [0.1, 0.15) is 5.75 Å².